The molecule has 2 heterocycles. The topological polar surface area (TPSA) is 74.5 Å². The van der Waals surface area contributed by atoms with Crippen molar-refractivity contribution in [3.8, 4) is 17.5 Å². The summed E-state index contributed by atoms with van der Waals surface area (Å²) in [6, 6.07) is 15.3. The minimum atomic E-state index is 0.637. The molecule has 1 N–H and O–H groups in total. The molecule has 0 radical (unpaired) electrons. The fourth-order valence-corrected chi connectivity index (χ4v) is 2.18. The molecule has 0 fully saturated rings. The number of nitrogens with zero attached hydrogens (tertiary/aromatic N) is 4. The third kappa shape index (κ3) is 3.69. The Balaban J connectivity index is 1.77. The quantitative estimate of drug-likeness (QED) is 0.800. The maximum Gasteiger partial charge on any atom is 0.161 e. The summed E-state index contributed by atoms with van der Waals surface area (Å²) in [4.78, 5) is 13.0. The van der Waals surface area contributed by atoms with Gasteiger partial charge in [0.1, 0.15) is 5.82 Å². The van der Waals surface area contributed by atoms with Gasteiger partial charge in [0, 0.05) is 36.3 Å². The molecule has 5 nitrogen and oxygen atoms in total. The Morgan fingerprint density at radius 2 is 1.78 bits per heavy atom. The van der Waals surface area contributed by atoms with Crippen molar-refractivity contribution in [1.29, 1.82) is 5.26 Å². The number of hydrogen-bond donors (Lipinski definition) is 1. The van der Waals surface area contributed by atoms with Crippen LogP contribution in [-0.2, 0) is 6.54 Å². The number of aromatic nitrogens is 3. The van der Waals surface area contributed by atoms with Crippen molar-refractivity contribution in [3.63, 3.8) is 0 Å². The van der Waals surface area contributed by atoms with E-state index in [2.05, 4.69) is 26.3 Å². The highest BCUT2D eigenvalue weighted by molar-refractivity contribution is 5.56. The number of hydrogen-bond acceptors (Lipinski definition) is 5. The lowest BCUT2D eigenvalue weighted by atomic mass is 10.1. The molecule has 0 aliphatic rings. The van der Waals surface area contributed by atoms with E-state index in [9.17, 15) is 0 Å². The van der Waals surface area contributed by atoms with Crippen LogP contribution in [0.5, 0.6) is 0 Å². The molecule has 3 aromatic rings. The average molecular weight is 301 g/mol. The number of nitrogens with one attached hydrogen (secondary N) is 1. The van der Waals surface area contributed by atoms with E-state index in [0.717, 1.165) is 22.6 Å². The van der Waals surface area contributed by atoms with E-state index in [-0.39, 0.29) is 0 Å². The number of rotatable bonds is 4. The Hall–Kier alpha value is -3.26. The van der Waals surface area contributed by atoms with Crippen molar-refractivity contribution in [1.82, 2.24) is 15.0 Å². The van der Waals surface area contributed by atoms with E-state index in [1.807, 2.05) is 49.4 Å². The SMILES string of the molecule is Cc1cc(NCc2ccc(C#N)cc2)nc(-c2ccncc2)n1. The van der Waals surface area contributed by atoms with E-state index in [1.165, 1.54) is 0 Å². The van der Waals surface area contributed by atoms with Gasteiger partial charge < -0.3 is 5.32 Å². The van der Waals surface area contributed by atoms with Crippen LogP contribution in [0.1, 0.15) is 16.8 Å². The first-order valence-electron chi connectivity index (χ1n) is 7.23. The smallest absolute Gasteiger partial charge is 0.161 e. The van der Waals surface area contributed by atoms with Gasteiger partial charge in [-0.15, -0.1) is 0 Å². The molecule has 5 heteroatoms. The zero-order valence-corrected chi connectivity index (χ0v) is 12.7. The molecule has 0 aliphatic carbocycles. The van der Waals surface area contributed by atoms with Crippen molar-refractivity contribution < 1.29 is 0 Å². The van der Waals surface area contributed by atoms with Crippen LogP contribution in [0, 0.1) is 18.3 Å². The molecule has 0 bridgehead atoms. The molecule has 0 spiro atoms. The summed E-state index contributed by atoms with van der Waals surface area (Å²) in [6.07, 6.45) is 3.45. The maximum atomic E-state index is 8.82. The van der Waals surface area contributed by atoms with Crippen LogP contribution < -0.4 is 5.32 Å². The Morgan fingerprint density at radius 3 is 2.48 bits per heavy atom. The Labute approximate surface area is 134 Å². The van der Waals surface area contributed by atoms with Crippen molar-refractivity contribution in [2.75, 3.05) is 5.32 Å². The van der Waals surface area contributed by atoms with Crippen LogP contribution in [0.25, 0.3) is 11.4 Å². The van der Waals surface area contributed by atoms with E-state index < -0.39 is 0 Å². The van der Waals surface area contributed by atoms with Crippen LogP contribution >= 0.6 is 0 Å². The lowest BCUT2D eigenvalue weighted by Gasteiger charge is -2.09. The molecule has 0 aliphatic heterocycles. The lowest BCUT2D eigenvalue weighted by molar-refractivity contribution is 1.06. The molecular formula is C18H15N5. The standard InChI is InChI=1S/C18H15N5/c1-13-10-17(21-12-15-4-2-14(11-19)3-5-15)23-18(22-13)16-6-8-20-9-7-16/h2-10H,12H2,1H3,(H,21,22,23). The summed E-state index contributed by atoms with van der Waals surface area (Å²) < 4.78 is 0. The van der Waals surface area contributed by atoms with Gasteiger partial charge in [-0.3, -0.25) is 4.98 Å². The lowest BCUT2D eigenvalue weighted by Crippen LogP contribution is -2.04. The summed E-state index contributed by atoms with van der Waals surface area (Å²) in [5.74, 6) is 1.45. The fourth-order valence-electron chi connectivity index (χ4n) is 2.18. The van der Waals surface area contributed by atoms with Crippen molar-refractivity contribution >= 4 is 5.82 Å². The molecule has 0 saturated heterocycles. The molecule has 0 atom stereocenters. The van der Waals surface area contributed by atoms with Crippen LogP contribution in [0.4, 0.5) is 5.82 Å². The summed E-state index contributed by atoms with van der Waals surface area (Å²) >= 11 is 0. The van der Waals surface area contributed by atoms with Gasteiger partial charge in [0.2, 0.25) is 0 Å². The van der Waals surface area contributed by atoms with Gasteiger partial charge in [0.05, 0.1) is 11.6 Å². The second-order valence-electron chi connectivity index (χ2n) is 5.12. The zero-order valence-electron chi connectivity index (χ0n) is 12.7. The first-order valence-corrected chi connectivity index (χ1v) is 7.23. The second-order valence-corrected chi connectivity index (χ2v) is 5.12. The van der Waals surface area contributed by atoms with Gasteiger partial charge in [-0.25, -0.2) is 9.97 Å². The number of benzene rings is 1. The molecular weight excluding hydrogens is 286 g/mol. The van der Waals surface area contributed by atoms with Gasteiger partial charge in [0.25, 0.3) is 0 Å². The monoisotopic (exact) mass is 301 g/mol. The minimum absolute atomic E-state index is 0.637. The largest absolute Gasteiger partial charge is 0.366 e. The van der Waals surface area contributed by atoms with Gasteiger partial charge >= 0.3 is 0 Å². The summed E-state index contributed by atoms with van der Waals surface area (Å²) in [7, 11) is 0. The third-order valence-corrected chi connectivity index (χ3v) is 3.35. The highest BCUT2D eigenvalue weighted by Gasteiger charge is 2.05. The number of anilines is 1. The highest BCUT2D eigenvalue weighted by Crippen LogP contribution is 2.17. The van der Waals surface area contributed by atoms with E-state index in [0.29, 0.717) is 17.9 Å². The van der Waals surface area contributed by atoms with E-state index in [4.69, 9.17) is 5.26 Å². The summed E-state index contributed by atoms with van der Waals surface area (Å²) in [6.45, 7) is 2.58. The van der Waals surface area contributed by atoms with Crippen LogP contribution in [-0.4, -0.2) is 15.0 Å². The molecule has 3 rings (SSSR count). The van der Waals surface area contributed by atoms with Gasteiger partial charge in [-0.1, -0.05) is 12.1 Å². The van der Waals surface area contributed by atoms with Crippen molar-refractivity contribution in [2.24, 2.45) is 0 Å². The minimum Gasteiger partial charge on any atom is -0.366 e. The fraction of sp³-hybridized carbons (Fsp3) is 0.111. The highest BCUT2D eigenvalue weighted by atomic mass is 15.0. The zero-order chi connectivity index (χ0) is 16.1. The van der Waals surface area contributed by atoms with E-state index in [1.54, 1.807) is 12.4 Å². The molecule has 2 aromatic heterocycles. The summed E-state index contributed by atoms with van der Waals surface area (Å²) in [5, 5.41) is 12.1. The molecule has 0 amide bonds. The normalized spacial score (nSPS) is 10.1. The molecule has 112 valence electrons. The Morgan fingerprint density at radius 1 is 1.04 bits per heavy atom. The van der Waals surface area contributed by atoms with Crippen LogP contribution in [0.15, 0.2) is 54.9 Å². The molecule has 23 heavy (non-hydrogen) atoms. The van der Waals surface area contributed by atoms with Crippen molar-refractivity contribution in [3.05, 3.63) is 71.7 Å². The first-order chi connectivity index (χ1) is 11.2. The Kier molecular flexibility index (Phi) is 4.25. The van der Waals surface area contributed by atoms with Crippen LogP contribution in [0.2, 0.25) is 0 Å². The predicted octanol–water partition coefficient (Wildman–Crippen LogP) is 3.33. The summed E-state index contributed by atoms with van der Waals surface area (Å²) in [5.41, 5.74) is 3.58. The maximum absolute atomic E-state index is 8.82. The predicted molar refractivity (Wildman–Crippen MR) is 88.5 cm³/mol. The van der Waals surface area contributed by atoms with Gasteiger partial charge in [-0.2, -0.15) is 5.26 Å². The molecule has 1 aromatic carbocycles. The Bertz CT molecular complexity index is 836. The number of nitriles is 1. The average Bonchev–Trinajstić information content (AvgIpc) is 2.61. The molecule has 0 unspecified atom stereocenters. The number of pyridine rings is 1. The van der Waals surface area contributed by atoms with Gasteiger partial charge in [-0.05, 0) is 36.8 Å². The van der Waals surface area contributed by atoms with Crippen LogP contribution in [0.3, 0.4) is 0 Å². The third-order valence-electron chi connectivity index (χ3n) is 3.35. The van der Waals surface area contributed by atoms with Crippen molar-refractivity contribution in [2.45, 2.75) is 13.5 Å². The van der Waals surface area contributed by atoms with Gasteiger partial charge in [0.15, 0.2) is 5.82 Å². The van der Waals surface area contributed by atoms with E-state index >= 15 is 0 Å². The molecule has 0 saturated carbocycles. The second kappa shape index (κ2) is 6.67. The first kappa shape index (κ1) is 14.7. The number of aryl methyl sites for hydroxylation is 1.